The largest absolute Gasteiger partial charge is 0.311 e. The van der Waals surface area contributed by atoms with Crippen LogP contribution in [0, 0.1) is 0 Å². The van der Waals surface area contributed by atoms with Crippen LogP contribution in [-0.4, -0.2) is 25.9 Å². The Morgan fingerprint density at radius 3 is 1.46 bits per heavy atom. The maximum Gasteiger partial charge on any atom is 0.259 e. The van der Waals surface area contributed by atoms with E-state index in [1.54, 1.807) is 23.9 Å². The number of anilines is 2. The number of halogens is 2. The fraction of sp³-hybridized carbons (Fsp3) is 0.111. The first-order chi connectivity index (χ1) is 11.4. The Balaban J connectivity index is 2.05. The summed E-state index contributed by atoms with van der Waals surface area (Å²) in [5.41, 5.74) is 4.13. The molecule has 4 rings (SSSR count). The summed E-state index contributed by atoms with van der Waals surface area (Å²) in [7, 11) is 3.46. The van der Waals surface area contributed by atoms with Crippen molar-refractivity contribution in [2.24, 2.45) is 0 Å². The van der Waals surface area contributed by atoms with Gasteiger partial charge in [-0.1, -0.05) is 44.0 Å². The van der Waals surface area contributed by atoms with Gasteiger partial charge in [-0.05, 0) is 24.3 Å². The Morgan fingerprint density at radius 2 is 1.08 bits per heavy atom. The maximum atomic E-state index is 12.9. The van der Waals surface area contributed by atoms with Crippen LogP contribution in [0.2, 0.25) is 0 Å². The Morgan fingerprint density at radius 1 is 0.708 bits per heavy atom. The zero-order valence-corrected chi connectivity index (χ0v) is 16.1. The van der Waals surface area contributed by atoms with E-state index < -0.39 is 0 Å². The summed E-state index contributed by atoms with van der Waals surface area (Å²) in [6.45, 7) is 0. The lowest BCUT2D eigenvalue weighted by atomic mass is 9.96. The summed E-state index contributed by atoms with van der Waals surface area (Å²) in [5, 5.41) is 0. The number of hydrogen-bond acceptors (Lipinski definition) is 2. The number of carbonyl (C=O) groups excluding carboxylic acids is 2. The van der Waals surface area contributed by atoms with Gasteiger partial charge in [0.25, 0.3) is 11.8 Å². The van der Waals surface area contributed by atoms with Crippen LogP contribution in [0.25, 0.3) is 11.1 Å². The number of hydrogen-bond donors (Lipinski definition) is 0. The first-order valence-electron chi connectivity index (χ1n) is 7.30. The van der Waals surface area contributed by atoms with Gasteiger partial charge in [-0.3, -0.25) is 9.59 Å². The normalized spacial score (nSPS) is 19.2. The molecule has 24 heavy (non-hydrogen) atoms. The van der Waals surface area contributed by atoms with Crippen molar-refractivity contribution in [3.05, 3.63) is 56.5 Å². The third-order valence-corrected chi connectivity index (χ3v) is 5.45. The highest BCUT2D eigenvalue weighted by molar-refractivity contribution is 9.10. The second-order valence-corrected chi connectivity index (χ2v) is 7.63. The Labute approximate surface area is 156 Å². The summed E-state index contributed by atoms with van der Waals surface area (Å²) < 4.78 is 1.79. The molecule has 2 aliphatic rings. The Kier molecular flexibility index (Phi) is 3.44. The molecular weight excluding hydrogens is 436 g/mol. The minimum atomic E-state index is -0.157. The molecule has 0 unspecified atom stereocenters. The van der Waals surface area contributed by atoms with Crippen LogP contribution in [0.3, 0.4) is 0 Å². The zero-order chi connectivity index (χ0) is 17.2. The van der Waals surface area contributed by atoms with Crippen LogP contribution < -0.4 is 9.80 Å². The number of carbonyl (C=O) groups is 2. The summed E-state index contributed by atoms with van der Waals surface area (Å²) in [6.07, 6.45) is 0. The molecule has 120 valence electrons. The smallest absolute Gasteiger partial charge is 0.259 e. The van der Waals surface area contributed by atoms with Crippen molar-refractivity contribution in [2.45, 2.75) is 0 Å². The minimum absolute atomic E-state index is 0.157. The van der Waals surface area contributed by atoms with Crippen molar-refractivity contribution in [3.63, 3.8) is 0 Å². The van der Waals surface area contributed by atoms with E-state index in [4.69, 9.17) is 0 Å². The van der Waals surface area contributed by atoms with Gasteiger partial charge in [0.1, 0.15) is 0 Å². The van der Waals surface area contributed by atoms with E-state index in [0.717, 1.165) is 31.4 Å². The molecule has 0 atom stereocenters. The molecule has 0 saturated heterocycles. The lowest BCUT2D eigenvalue weighted by Crippen LogP contribution is -2.24. The van der Waals surface area contributed by atoms with Gasteiger partial charge in [-0.2, -0.15) is 0 Å². The molecule has 0 saturated carbocycles. The van der Waals surface area contributed by atoms with Crippen molar-refractivity contribution in [3.8, 4) is 0 Å². The molecule has 0 fully saturated rings. The Hall–Kier alpha value is -1.92. The molecule has 0 N–H and O–H groups in total. The number of amides is 2. The van der Waals surface area contributed by atoms with Gasteiger partial charge in [0.15, 0.2) is 0 Å². The average Bonchev–Trinajstić information content (AvgIpc) is 2.93. The second-order valence-electron chi connectivity index (χ2n) is 5.80. The number of fused-ring (bicyclic) bond motifs is 2. The van der Waals surface area contributed by atoms with E-state index >= 15 is 0 Å². The molecule has 0 radical (unpaired) electrons. The third-order valence-electron chi connectivity index (χ3n) is 4.47. The van der Waals surface area contributed by atoms with Crippen molar-refractivity contribution >= 4 is 66.2 Å². The molecule has 6 heteroatoms. The fourth-order valence-corrected chi connectivity index (χ4v) is 3.95. The van der Waals surface area contributed by atoms with Crippen LogP contribution >= 0.6 is 31.9 Å². The van der Waals surface area contributed by atoms with E-state index in [1.807, 2.05) is 36.4 Å². The molecule has 0 bridgehead atoms. The lowest BCUT2D eigenvalue weighted by Gasteiger charge is -2.09. The SMILES string of the molecule is CN1C(=O)/C(=C2/C(=O)N(C)c3cc(Br)ccc32)c2ccc(Br)cc21. The third kappa shape index (κ3) is 2.03. The minimum Gasteiger partial charge on any atom is -0.311 e. The number of likely N-dealkylation sites (N-methyl/N-ethyl adjacent to an activating group) is 2. The summed E-state index contributed by atoms with van der Waals surface area (Å²) in [6, 6.07) is 11.3. The second kappa shape index (κ2) is 5.29. The highest BCUT2D eigenvalue weighted by Crippen LogP contribution is 2.46. The van der Waals surface area contributed by atoms with E-state index in [0.29, 0.717) is 11.1 Å². The first kappa shape index (κ1) is 15.6. The standard InChI is InChI=1S/C18H12Br2N2O2/c1-21-13-7-9(19)3-5-11(13)15(17(21)23)16-12-6-4-10(20)8-14(12)22(2)18(16)24/h3-8H,1-2H3/b16-15+. The van der Waals surface area contributed by atoms with E-state index in [-0.39, 0.29) is 11.8 Å². The van der Waals surface area contributed by atoms with Crippen LogP contribution in [0.4, 0.5) is 11.4 Å². The van der Waals surface area contributed by atoms with Gasteiger partial charge in [-0.15, -0.1) is 0 Å². The number of rotatable bonds is 0. The fourth-order valence-electron chi connectivity index (χ4n) is 3.26. The molecule has 2 heterocycles. The monoisotopic (exact) mass is 446 g/mol. The van der Waals surface area contributed by atoms with Gasteiger partial charge in [0.05, 0.1) is 22.5 Å². The van der Waals surface area contributed by atoms with E-state index in [2.05, 4.69) is 31.9 Å². The van der Waals surface area contributed by atoms with E-state index in [9.17, 15) is 9.59 Å². The topological polar surface area (TPSA) is 40.6 Å². The molecule has 2 aromatic carbocycles. The van der Waals surface area contributed by atoms with Crippen LogP contribution in [0.15, 0.2) is 45.3 Å². The number of benzene rings is 2. The van der Waals surface area contributed by atoms with Gasteiger partial charge in [0.2, 0.25) is 0 Å². The van der Waals surface area contributed by atoms with Gasteiger partial charge >= 0.3 is 0 Å². The summed E-state index contributed by atoms with van der Waals surface area (Å²) >= 11 is 6.87. The Bertz CT molecular complexity index is 888. The molecule has 0 aliphatic carbocycles. The number of nitrogens with zero attached hydrogens (tertiary/aromatic N) is 2. The average molecular weight is 448 g/mol. The van der Waals surface area contributed by atoms with Crippen molar-refractivity contribution in [1.29, 1.82) is 0 Å². The molecule has 2 amide bonds. The van der Waals surface area contributed by atoms with Crippen molar-refractivity contribution < 1.29 is 9.59 Å². The predicted molar refractivity (Wildman–Crippen MR) is 102 cm³/mol. The molecule has 0 aromatic heterocycles. The maximum absolute atomic E-state index is 12.9. The van der Waals surface area contributed by atoms with Crippen LogP contribution in [-0.2, 0) is 9.59 Å². The van der Waals surface area contributed by atoms with Gasteiger partial charge < -0.3 is 9.80 Å². The molecule has 2 aromatic rings. The quantitative estimate of drug-likeness (QED) is 0.571. The highest BCUT2D eigenvalue weighted by Gasteiger charge is 2.40. The lowest BCUT2D eigenvalue weighted by molar-refractivity contribution is -0.114. The van der Waals surface area contributed by atoms with Crippen LogP contribution in [0.5, 0.6) is 0 Å². The summed E-state index contributed by atoms with van der Waals surface area (Å²) in [4.78, 5) is 28.9. The van der Waals surface area contributed by atoms with Crippen LogP contribution in [0.1, 0.15) is 11.1 Å². The molecule has 4 nitrogen and oxygen atoms in total. The highest BCUT2D eigenvalue weighted by atomic mass is 79.9. The molecule has 2 aliphatic heterocycles. The van der Waals surface area contributed by atoms with Gasteiger partial charge in [-0.25, -0.2) is 0 Å². The van der Waals surface area contributed by atoms with Gasteiger partial charge in [0, 0.05) is 34.2 Å². The van der Waals surface area contributed by atoms with E-state index in [1.165, 1.54) is 0 Å². The first-order valence-corrected chi connectivity index (χ1v) is 8.89. The molecular formula is C18H12Br2N2O2. The summed E-state index contributed by atoms with van der Waals surface area (Å²) in [5.74, 6) is -0.314. The molecule has 0 spiro atoms. The van der Waals surface area contributed by atoms with Crippen molar-refractivity contribution in [2.75, 3.05) is 23.9 Å². The predicted octanol–water partition coefficient (Wildman–Crippen LogP) is 4.08. The van der Waals surface area contributed by atoms with Crippen molar-refractivity contribution in [1.82, 2.24) is 0 Å². The zero-order valence-electron chi connectivity index (χ0n) is 12.9.